The minimum absolute atomic E-state index is 0.344. The standard InChI is InChI=1S/C16H20ClN3/c1-16(10-18-2)6-8-20(11-16)15-5-7-19-14-9-12(17)3-4-13(14)15/h3-5,7,9,18H,6,8,10-11H2,1-2H3. The van der Waals surface area contributed by atoms with Crippen molar-refractivity contribution in [2.24, 2.45) is 5.41 Å². The SMILES string of the molecule is CNCC1(C)CCN(c2ccnc3cc(Cl)ccc23)C1. The Morgan fingerprint density at radius 1 is 1.40 bits per heavy atom. The molecule has 0 amide bonds. The zero-order chi connectivity index (χ0) is 14.2. The van der Waals surface area contributed by atoms with Crippen molar-refractivity contribution in [2.45, 2.75) is 13.3 Å². The zero-order valence-corrected chi connectivity index (χ0v) is 12.7. The highest BCUT2D eigenvalue weighted by Crippen LogP contribution is 2.35. The summed E-state index contributed by atoms with van der Waals surface area (Å²) in [5.41, 5.74) is 2.58. The highest BCUT2D eigenvalue weighted by atomic mass is 35.5. The predicted octanol–water partition coefficient (Wildman–Crippen LogP) is 3.32. The topological polar surface area (TPSA) is 28.2 Å². The maximum atomic E-state index is 6.06. The van der Waals surface area contributed by atoms with Crippen molar-refractivity contribution < 1.29 is 0 Å². The van der Waals surface area contributed by atoms with Crippen LogP contribution in [0.2, 0.25) is 5.02 Å². The number of rotatable bonds is 3. The molecule has 20 heavy (non-hydrogen) atoms. The van der Waals surface area contributed by atoms with E-state index in [1.165, 1.54) is 17.5 Å². The van der Waals surface area contributed by atoms with Gasteiger partial charge in [0.1, 0.15) is 0 Å². The largest absolute Gasteiger partial charge is 0.370 e. The maximum Gasteiger partial charge on any atom is 0.0737 e. The van der Waals surface area contributed by atoms with Crippen LogP contribution in [0.25, 0.3) is 10.9 Å². The van der Waals surface area contributed by atoms with Gasteiger partial charge in [0, 0.05) is 41.9 Å². The third kappa shape index (κ3) is 2.48. The first-order chi connectivity index (χ1) is 9.61. The molecule has 0 radical (unpaired) electrons. The summed E-state index contributed by atoms with van der Waals surface area (Å²) in [4.78, 5) is 6.89. The Morgan fingerprint density at radius 2 is 2.25 bits per heavy atom. The Balaban J connectivity index is 1.95. The third-order valence-corrected chi connectivity index (χ3v) is 4.42. The van der Waals surface area contributed by atoms with Crippen LogP contribution in [0.1, 0.15) is 13.3 Å². The van der Waals surface area contributed by atoms with E-state index >= 15 is 0 Å². The van der Waals surface area contributed by atoms with E-state index in [0.29, 0.717) is 5.41 Å². The summed E-state index contributed by atoms with van der Waals surface area (Å²) in [6, 6.07) is 8.07. The Morgan fingerprint density at radius 3 is 3.05 bits per heavy atom. The van der Waals surface area contributed by atoms with E-state index < -0.39 is 0 Å². The van der Waals surface area contributed by atoms with Crippen LogP contribution in [0.5, 0.6) is 0 Å². The Bertz CT molecular complexity index is 628. The van der Waals surface area contributed by atoms with E-state index in [9.17, 15) is 0 Å². The summed E-state index contributed by atoms with van der Waals surface area (Å²) < 4.78 is 0. The molecular formula is C16H20ClN3. The molecule has 4 heteroatoms. The van der Waals surface area contributed by atoms with Crippen LogP contribution in [-0.4, -0.2) is 31.7 Å². The second-order valence-electron chi connectivity index (χ2n) is 6.00. The molecule has 1 aromatic heterocycles. The van der Waals surface area contributed by atoms with E-state index in [1.807, 2.05) is 25.4 Å². The Kier molecular flexibility index (Phi) is 3.57. The number of benzene rings is 1. The van der Waals surface area contributed by atoms with E-state index in [0.717, 1.165) is 30.2 Å². The van der Waals surface area contributed by atoms with Crippen molar-refractivity contribution in [1.82, 2.24) is 10.3 Å². The number of halogens is 1. The van der Waals surface area contributed by atoms with Crippen molar-refractivity contribution in [3.05, 3.63) is 35.5 Å². The molecule has 3 rings (SSSR count). The molecular weight excluding hydrogens is 270 g/mol. The number of nitrogens with one attached hydrogen (secondary N) is 1. The van der Waals surface area contributed by atoms with Crippen molar-refractivity contribution in [3.8, 4) is 0 Å². The Hall–Kier alpha value is -1.32. The van der Waals surface area contributed by atoms with Gasteiger partial charge in [-0.05, 0) is 43.1 Å². The second-order valence-corrected chi connectivity index (χ2v) is 6.44. The molecule has 0 spiro atoms. The first-order valence-electron chi connectivity index (χ1n) is 7.05. The second kappa shape index (κ2) is 5.23. The first kappa shape index (κ1) is 13.7. The molecule has 1 N–H and O–H groups in total. The molecule has 0 saturated carbocycles. The van der Waals surface area contributed by atoms with Gasteiger partial charge < -0.3 is 10.2 Å². The van der Waals surface area contributed by atoms with Crippen molar-refractivity contribution in [3.63, 3.8) is 0 Å². The quantitative estimate of drug-likeness (QED) is 0.939. The molecule has 2 aromatic rings. The molecule has 0 aliphatic carbocycles. The van der Waals surface area contributed by atoms with E-state index in [2.05, 4.69) is 34.3 Å². The van der Waals surface area contributed by atoms with Crippen molar-refractivity contribution in [1.29, 1.82) is 0 Å². The molecule has 1 aliphatic rings. The van der Waals surface area contributed by atoms with Crippen molar-refractivity contribution in [2.75, 3.05) is 31.6 Å². The number of aromatic nitrogens is 1. The van der Waals surface area contributed by atoms with Crippen LogP contribution < -0.4 is 10.2 Å². The third-order valence-electron chi connectivity index (χ3n) is 4.18. The maximum absolute atomic E-state index is 6.06. The fraction of sp³-hybridized carbons (Fsp3) is 0.438. The fourth-order valence-corrected chi connectivity index (χ4v) is 3.35. The lowest BCUT2D eigenvalue weighted by Crippen LogP contribution is -2.33. The number of hydrogen-bond acceptors (Lipinski definition) is 3. The summed E-state index contributed by atoms with van der Waals surface area (Å²) >= 11 is 6.06. The molecule has 0 bridgehead atoms. The lowest BCUT2D eigenvalue weighted by atomic mass is 9.90. The number of nitrogens with zero attached hydrogens (tertiary/aromatic N) is 2. The van der Waals surface area contributed by atoms with Gasteiger partial charge >= 0.3 is 0 Å². The summed E-state index contributed by atoms with van der Waals surface area (Å²) in [6.07, 6.45) is 3.09. The molecule has 1 saturated heterocycles. The molecule has 1 unspecified atom stereocenters. The molecule has 1 aromatic carbocycles. The predicted molar refractivity (Wildman–Crippen MR) is 85.6 cm³/mol. The highest BCUT2D eigenvalue weighted by Gasteiger charge is 2.33. The summed E-state index contributed by atoms with van der Waals surface area (Å²) in [6.45, 7) is 5.58. The molecule has 1 fully saturated rings. The van der Waals surface area contributed by atoms with Gasteiger partial charge in [0.05, 0.1) is 5.52 Å². The van der Waals surface area contributed by atoms with Crippen molar-refractivity contribution >= 4 is 28.2 Å². The van der Waals surface area contributed by atoms with E-state index in [4.69, 9.17) is 11.6 Å². The molecule has 1 aliphatic heterocycles. The summed E-state index contributed by atoms with van der Waals surface area (Å²) in [7, 11) is 2.03. The van der Waals surface area contributed by atoms with Crippen LogP contribution in [0, 0.1) is 5.41 Å². The summed E-state index contributed by atoms with van der Waals surface area (Å²) in [5, 5.41) is 5.24. The van der Waals surface area contributed by atoms with Gasteiger partial charge in [-0.3, -0.25) is 4.98 Å². The van der Waals surface area contributed by atoms with Crippen LogP contribution in [-0.2, 0) is 0 Å². The van der Waals surface area contributed by atoms with Crippen LogP contribution in [0.3, 0.4) is 0 Å². The zero-order valence-electron chi connectivity index (χ0n) is 12.0. The number of anilines is 1. The molecule has 1 atom stereocenters. The molecule has 3 nitrogen and oxygen atoms in total. The van der Waals surface area contributed by atoms with Gasteiger partial charge in [-0.25, -0.2) is 0 Å². The Labute approximate surface area is 124 Å². The number of hydrogen-bond donors (Lipinski definition) is 1. The van der Waals surface area contributed by atoms with Gasteiger partial charge in [0.2, 0.25) is 0 Å². The minimum Gasteiger partial charge on any atom is -0.370 e. The number of fused-ring (bicyclic) bond motifs is 1. The summed E-state index contributed by atoms with van der Waals surface area (Å²) in [5.74, 6) is 0. The van der Waals surface area contributed by atoms with Gasteiger partial charge in [0.15, 0.2) is 0 Å². The van der Waals surface area contributed by atoms with Gasteiger partial charge in [-0.2, -0.15) is 0 Å². The fourth-order valence-electron chi connectivity index (χ4n) is 3.18. The molecule has 2 heterocycles. The monoisotopic (exact) mass is 289 g/mol. The van der Waals surface area contributed by atoms with Gasteiger partial charge in [-0.1, -0.05) is 18.5 Å². The van der Waals surface area contributed by atoms with Crippen LogP contribution in [0.4, 0.5) is 5.69 Å². The van der Waals surface area contributed by atoms with Gasteiger partial charge in [-0.15, -0.1) is 0 Å². The van der Waals surface area contributed by atoms with Gasteiger partial charge in [0.25, 0.3) is 0 Å². The van der Waals surface area contributed by atoms with E-state index in [-0.39, 0.29) is 0 Å². The molecule has 106 valence electrons. The van der Waals surface area contributed by atoms with Crippen LogP contribution >= 0.6 is 11.6 Å². The minimum atomic E-state index is 0.344. The van der Waals surface area contributed by atoms with E-state index in [1.54, 1.807) is 0 Å². The first-order valence-corrected chi connectivity index (χ1v) is 7.43. The average Bonchev–Trinajstić information content (AvgIpc) is 2.80. The van der Waals surface area contributed by atoms with Crippen LogP contribution in [0.15, 0.2) is 30.5 Å². The highest BCUT2D eigenvalue weighted by molar-refractivity contribution is 6.31. The number of pyridine rings is 1. The lowest BCUT2D eigenvalue weighted by Gasteiger charge is -2.26. The lowest BCUT2D eigenvalue weighted by molar-refractivity contribution is 0.356. The smallest absolute Gasteiger partial charge is 0.0737 e. The average molecular weight is 290 g/mol. The normalized spacial score (nSPS) is 22.6.